The molecule has 1 fully saturated rings. The zero-order valence-corrected chi connectivity index (χ0v) is 11.5. The van der Waals surface area contributed by atoms with E-state index in [0.29, 0.717) is 6.10 Å². The maximum Gasteiger partial charge on any atom is 0.163 e. The van der Waals surface area contributed by atoms with Gasteiger partial charge >= 0.3 is 0 Å². The molecule has 1 heterocycles. The Bertz CT molecular complexity index is 171. The van der Waals surface area contributed by atoms with E-state index < -0.39 is 0 Å². The fraction of sp³-hybridized carbons (Fsp3) is 1.00. The van der Waals surface area contributed by atoms with E-state index in [9.17, 15) is 0 Å². The molecule has 1 aliphatic rings. The van der Waals surface area contributed by atoms with Crippen molar-refractivity contribution in [1.82, 2.24) is 0 Å². The molecule has 0 aromatic rings. The van der Waals surface area contributed by atoms with E-state index in [1.807, 2.05) is 13.8 Å². The first-order chi connectivity index (χ1) is 7.14. The number of alkyl halides is 1. The molecule has 2 nitrogen and oxygen atoms in total. The SMILES string of the molecule is CC1(C)OCC(CCCCCCCBr)O1. The van der Waals surface area contributed by atoms with Gasteiger partial charge in [0.1, 0.15) is 0 Å². The molecule has 0 aromatic carbocycles. The summed E-state index contributed by atoms with van der Waals surface area (Å²) in [4.78, 5) is 0. The second-order valence-corrected chi connectivity index (χ2v) is 5.49. The molecule has 15 heavy (non-hydrogen) atoms. The topological polar surface area (TPSA) is 18.5 Å². The number of ether oxygens (including phenoxy) is 2. The van der Waals surface area contributed by atoms with Crippen molar-refractivity contribution in [1.29, 1.82) is 0 Å². The first kappa shape index (κ1) is 13.5. The molecular weight excluding hydrogens is 256 g/mol. The van der Waals surface area contributed by atoms with Crippen LogP contribution in [0.1, 0.15) is 52.4 Å². The molecule has 90 valence electrons. The largest absolute Gasteiger partial charge is 0.348 e. The fourth-order valence-electron chi connectivity index (χ4n) is 1.90. The Balaban J connectivity index is 1.93. The number of rotatable bonds is 7. The summed E-state index contributed by atoms with van der Waals surface area (Å²) in [7, 11) is 0. The van der Waals surface area contributed by atoms with Gasteiger partial charge in [-0.3, -0.25) is 0 Å². The predicted molar refractivity (Wildman–Crippen MR) is 66.4 cm³/mol. The molecule has 0 spiro atoms. The Labute approximate surface area is 102 Å². The highest BCUT2D eigenvalue weighted by Crippen LogP contribution is 2.25. The molecule has 1 saturated heterocycles. The molecule has 0 aliphatic carbocycles. The van der Waals surface area contributed by atoms with Gasteiger partial charge < -0.3 is 9.47 Å². The average molecular weight is 279 g/mol. The number of unbranched alkanes of at least 4 members (excludes halogenated alkanes) is 4. The van der Waals surface area contributed by atoms with Crippen LogP contribution in [0.2, 0.25) is 0 Å². The summed E-state index contributed by atoms with van der Waals surface area (Å²) in [6.07, 6.45) is 8.07. The lowest BCUT2D eigenvalue weighted by molar-refractivity contribution is -0.139. The van der Waals surface area contributed by atoms with E-state index in [4.69, 9.17) is 9.47 Å². The lowest BCUT2D eigenvalue weighted by atomic mass is 10.1. The maximum atomic E-state index is 5.75. The number of halogens is 1. The van der Waals surface area contributed by atoms with Crippen molar-refractivity contribution in [2.24, 2.45) is 0 Å². The summed E-state index contributed by atoms with van der Waals surface area (Å²) < 4.78 is 11.3. The van der Waals surface area contributed by atoms with Crippen LogP contribution < -0.4 is 0 Å². The molecule has 0 saturated carbocycles. The van der Waals surface area contributed by atoms with Crippen LogP contribution in [-0.4, -0.2) is 23.8 Å². The molecular formula is C12H23BrO2. The lowest BCUT2D eigenvalue weighted by Crippen LogP contribution is -2.21. The van der Waals surface area contributed by atoms with Crippen LogP contribution in [0.5, 0.6) is 0 Å². The first-order valence-electron chi connectivity index (χ1n) is 6.02. The Morgan fingerprint density at radius 2 is 1.80 bits per heavy atom. The average Bonchev–Trinajstić information content (AvgIpc) is 2.52. The molecule has 1 atom stereocenters. The van der Waals surface area contributed by atoms with E-state index in [1.54, 1.807) is 0 Å². The van der Waals surface area contributed by atoms with Crippen molar-refractivity contribution in [2.45, 2.75) is 64.3 Å². The second-order valence-electron chi connectivity index (χ2n) is 4.70. The Hall–Kier alpha value is 0.400. The normalized spacial score (nSPS) is 24.6. The van der Waals surface area contributed by atoms with Crippen molar-refractivity contribution in [3.05, 3.63) is 0 Å². The minimum atomic E-state index is -0.347. The lowest BCUT2D eigenvalue weighted by Gasteiger charge is -2.16. The molecule has 3 heteroatoms. The third-order valence-electron chi connectivity index (χ3n) is 2.73. The minimum Gasteiger partial charge on any atom is -0.348 e. The van der Waals surface area contributed by atoms with Crippen molar-refractivity contribution in [3.63, 3.8) is 0 Å². The standard InChI is InChI=1S/C12H23BrO2/c1-12(2)14-10-11(15-12)8-6-4-3-5-7-9-13/h11H,3-10H2,1-2H3. The minimum absolute atomic E-state index is 0.330. The summed E-state index contributed by atoms with van der Waals surface area (Å²) >= 11 is 3.45. The monoisotopic (exact) mass is 278 g/mol. The van der Waals surface area contributed by atoms with Gasteiger partial charge in [0.2, 0.25) is 0 Å². The maximum absolute atomic E-state index is 5.75. The van der Waals surface area contributed by atoms with E-state index in [1.165, 1.54) is 32.1 Å². The second kappa shape index (κ2) is 6.87. The van der Waals surface area contributed by atoms with Gasteiger partial charge in [-0.2, -0.15) is 0 Å². The summed E-state index contributed by atoms with van der Waals surface area (Å²) in [6.45, 7) is 4.75. The van der Waals surface area contributed by atoms with Gasteiger partial charge in [0.05, 0.1) is 12.7 Å². The van der Waals surface area contributed by atoms with Crippen molar-refractivity contribution < 1.29 is 9.47 Å². The van der Waals surface area contributed by atoms with Gasteiger partial charge in [0.15, 0.2) is 5.79 Å². The van der Waals surface area contributed by atoms with Crippen LogP contribution in [0.4, 0.5) is 0 Å². The van der Waals surface area contributed by atoms with Crippen molar-refractivity contribution in [2.75, 3.05) is 11.9 Å². The highest BCUT2D eigenvalue weighted by Gasteiger charge is 2.31. The molecule has 1 aliphatic heterocycles. The van der Waals surface area contributed by atoms with Crippen LogP contribution in [0.25, 0.3) is 0 Å². The summed E-state index contributed by atoms with van der Waals surface area (Å²) in [5.74, 6) is -0.347. The van der Waals surface area contributed by atoms with Gasteiger partial charge in [0.25, 0.3) is 0 Å². The number of hydrogen-bond acceptors (Lipinski definition) is 2. The van der Waals surface area contributed by atoms with Crippen LogP contribution in [0.15, 0.2) is 0 Å². The highest BCUT2D eigenvalue weighted by atomic mass is 79.9. The zero-order chi connectivity index (χ0) is 11.1. The Morgan fingerprint density at radius 3 is 2.40 bits per heavy atom. The Morgan fingerprint density at radius 1 is 1.13 bits per heavy atom. The molecule has 0 radical (unpaired) electrons. The summed E-state index contributed by atoms with van der Waals surface area (Å²) in [6, 6.07) is 0. The summed E-state index contributed by atoms with van der Waals surface area (Å²) in [5.41, 5.74) is 0. The molecule has 0 amide bonds. The predicted octanol–water partition coefficient (Wildman–Crippen LogP) is 3.87. The number of hydrogen-bond donors (Lipinski definition) is 0. The third kappa shape index (κ3) is 5.88. The highest BCUT2D eigenvalue weighted by molar-refractivity contribution is 9.09. The van der Waals surface area contributed by atoms with Crippen molar-refractivity contribution >= 4 is 15.9 Å². The van der Waals surface area contributed by atoms with Gasteiger partial charge in [-0.05, 0) is 26.7 Å². The van der Waals surface area contributed by atoms with Crippen LogP contribution >= 0.6 is 15.9 Å². The quantitative estimate of drug-likeness (QED) is 0.520. The van der Waals surface area contributed by atoms with E-state index in [-0.39, 0.29) is 5.79 Å². The molecule has 0 aromatic heterocycles. The van der Waals surface area contributed by atoms with Gasteiger partial charge in [-0.15, -0.1) is 0 Å². The van der Waals surface area contributed by atoms with Crippen molar-refractivity contribution in [3.8, 4) is 0 Å². The molecule has 0 bridgehead atoms. The molecule has 1 rings (SSSR count). The zero-order valence-electron chi connectivity index (χ0n) is 9.93. The van der Waals surface area contributed by atoms with Crippen LogP contribution in [0.3, 0.4) is 0 Å². The van der Waals surface area contributed by atoms with Crippen LogP contribution in [0, 0.1) is 0 Å². The van der Waals surface area contributed by atoms with Gasteiger partial charge in [-0.1, -0.05) is 41.6 Å². The first-order valence-corrected chi connectivity index (χ1v) is 7.14. The van der Waals surface area contributed by atoms with E-state index >= 15 is 0 Å². The smallest absolute Gasteiger partial charge is 0.163 e. The van der Waals surface area contributed by atoms with Crippen LogP contribution in [-0.2, 0) is 9.47 Å². The third-order valence-corrected chi connectivity index (χ3v) is 3.29. The van der Waals surface area contributed by atoms with Gasteiger partial charge in [0, 0.05) is 5.33 Å². The van der Waals surface area contributed by atoms with Gasteiger partial charge in [-0.25, -0.2) is 0 Å². The van der Waals surface area contributed by atoms with E-state index in [0.717, 1.165) is 18.4 Å². The molecule has 0 N–H and O–H groups in total. The molecule has 1 unspecified atom stereocenters. The fourth-order valence-corrected chi connectivity index (χ4v) is 2.30. The Kier molecular flexibility index (Phi) is 6.17. The summed E-state index contributed by atoms with van der Waals surface area (Å²) in [5, 5.41) is 1.14. The van der Waals surface area contributed by atoms with E-state index in [2.05, 4.69) is 15.9 Å².